The predicted octanol–water partition coefficient (Wildman–Crippen LogP) is 2.92. The third-order valence-corrected chi connectivity index (χ3v) is 5.30. The van der Waals surface area contributed by atoms with E-state index >= 15 is 0 Å². The van der Waals surface area contributed by atoms with E-state index in [-0.39, 0.29) is 48.5 Å². The van der Waals surface area contributed by atoms with E-state index in [1.165, 1.54) is 0 Å². The van der Waals surface area contributed by atoms with Crippen molar-refractivity contribution < 1.29 is 9.59 Å². The maximum absolute atomic E-state index is 12.5. The van der Waals surface area contributed by atoms with Gasteiger partial charge in [-0.15, -0.1) is 24.8 Å². The number of hydrogen-bond donors (Lipinski definition) is 3. The van der Waals surface area contributed by atoms with Crippen LogP contribution in [0.15, 0.2) is 24.3 Å². The number of nitrogens with one attached hydrogen (secondary N) is 2. The van der Waals surface area contributed by atoms with Crippen LogP contribution in [-0.2, 0) is 4.79 Å². The molecule has 0 spiro atoms. The lowest BCUT2D eigenvalue weighted by Crippen LogP contribution is -2.34. The molecule has 0 aromatic heterocycles. The second-order valence-corrected chi connectivity index (χ2v) is 6.89. The van der Waals surface area contributed by atoms with E-state index in [9.17, 15) is 9.59 Å². The molecule has 0 aliphatic heterocycles. The fourth-order valence-corrected chi connectivity index (χ4v) is 3.61. The largest absolute Gasteiger partial charge is 0.351 e. The molecule has 2 amide bonds. The van der Waals surface area contributed by atoms with Gasteiger partial charge in [0.05, 0.1) is 0 Å². The highest BCUT2D eigenvalue weighted by molar-refractivity contribution is 5.97. The molecule has 0 bridgehead atoms. The van der Waals surface area contributed by atoms with Crippen molar-refractivity contribution in [3.63, 3.8) is 0 Å². The van der Waals surface area contributed by atoms with Crippen LogP contribution in [0.1, 0.15) is 43.5 Å². The molecular formula is C20H34Cl2N4O2. The first-order chi connectivity index (χ1) is 12.6. The van der Waals surface area contributed by atoms with Gasteiger partial charge in [-0.1, -0.05) is 26.3 Å². The minimum absolute atomic E-state index is 0. The lowest BCUT2D eigenvalue weighted by Gasteiger charge is -2.18. The average Bonchev–Trinajstić information content (AvgIpc) is 3.14. The lowest BCUT2D eigenvalue weighted by molar-refractivity contribution is -0.120. The van der Waals surface area contributed by atoms with E-state index in [2.05, 4.69) is 29.4 Å². The quantitative estimate of drug-likeness (QED) is 0.559. The number of nitrogens with two attached hydrogens (primary N) is 1. The van der Waals surface area contributed by atoms with Crippen LogP contribution >= 0.6 is 24.8 Å². The summed E-state index contributed by atoms with van der Waals surface area (Å²) >= 11 is 0. The molecule has 160 valence electrons. The fourth-order valence-electron chi connectivity index (χ4n) is 3.61. The van der Waals surface area contributed by atoms with Crippen LogP contribution < -0.4 is 16.4 Å². The van der Waals surface area contributed by atoms with Gasteiger partial charge in [0.15, 0.2) is 0 Å². The highest BCUT2D eigenvalue weighted by atomic mass is 35.5. The molecular weight excluding hydrogens is 399 g/mol. The second kappa shape index (κ2) is 13.8. The molecule has 28 heavy (non-hydrogen) atoms. The van der Waals surface area contributed by atoms with E-state index in [0.717, 1.165) is 38.9 Å². The Kier molecular flexibility index (Phi) is 13.1. The number of nitrogens with zero attached hydrogens (tertiary/aromatic N) is 1. The Bertz CT molecular complexity index is 612. The molecule has 1 aromatic rings. The van der Waals surface area contributed by atoms with Crippen LogP contribution in [-0.4, -0.2) is 49.4 Å². The van der Waals surface area contributed by atoms with Crippen molar-refractivity contribution in [2.24, 2.45) is 17.6 Å². The monoisotopic (exact) mass is 432 g/mol. The number of amides is 2. The fraction of sp³-hybridized carbons (Fsp3) is 0.600. The first-order valence-corrected chi connectivity index (χ1v) is 9.70. The summed E-state index contributed by atoms with van der Waals surface area (Å²) in [5.41, 5.74) is 6.99. The van der Waals surface area contributed by atoms with Gasteiger partial charge in [0.25, 0.3) is 5.91 Å². The van der Waals surface area contributed by atoms with Crippen LogP contribution in [0.5, 0.6) is 0 Å². The Balaban J connectivity index is 0.00000364. The van der Waals surface area contributed by atoms with Crippen molar-refractivity contribution >= 4 is 42.3 Å². The molecule has 1 aromatic carbocycles. The number of likely N-dealkylation sites (N-methyl/N-ethyl adjacent to an activating group) is 1. The zero-order valence-electron chi connectivity index (χ0n) is 16.8. The molecule has 0 radical (unpaired) electrons. The van der Waals surface area contributed by atoms with Crippen molar-refractivity contribution in [3.8, 4) is 0 Å². The third-order valence-electron chi connectivity index (χ3n) is 5.30. The van der Waals surface area contributed by atoms with Crippen LogP contribution in [0.25, 0.3) is 0 Å². The molecule has 1 saturated carbocycles. The summed E-state index contributed by atoms with van der Waals surface area (Å²) in [6.45, 7) is 8.15. The second-order valence-electron chi connectivity index (χ2n) is 6.89. The van der Waals surface area contributed by atoms with Gasteiger partial charge in [-0.25, -0.2) is 0 Å². The Labute approximate surface area is 180 Å². The summed E-state index contributed by atoms with van der Waals surface area (Å²) in [7, 11) is 0. The molecule has 1 aliphatic rings. The van der Waals surface area contributed by atoms with Crippen molar-refractivity contribution in [2.45, 2.75) is 33.1 Å². The van der Waals surface area contributed by atoms with Gasteiger partial charge in [-0.3, -0.25) is 9.59 Å². The molecule has 8 heteroatoms. The highest BCUT2D eigenvalue weighted by Crippen LogP contribution is 2.31. The van der Waals surface area contributed by atoms with E-state index in [0.29, 0.717) is 24.3 Å². The van der Waals surface area contributed by atoms with Crippen molar-refractivity contribution in [1.29, 1.82) is 0 Å². The number of rotatable bonds is 9. The molecule has 1 fully saturated rings. The minimum atomic E-state index is -0.117. The summed E-state index contributed by atoms with van der Waals surface area (Å²) in [4.78, 5) is 27.1. The summed E-state index contributed by atoms with van der Waals surface area (Å²) in [5, 5.41) is 5.89. The van der Waals surface area contributed by atoms with Gasteiger partial charge >= 0.3 is 0 Å². The zero-order valence-corrected chi connectivity index (χ0v) is 18.4. The Morgan fingerprint density at radius 1 is 1.18 bits per heavy atom. The van der Waals surface area contributed by atoms with Gasteiger partial charge in [-0.2, -0.15) is 0 Å². The smallest absolute Gasteiger partial charge is 0.251 e. The van der Waals surface area contributed by atoms with Crippen LogP contribution in [0, 0.1) is 11.8 Å². The Morgan fingerprint density at radius 3 is 2.54 bits per heavy atom. The molecule has 2 atom stereocenters. The molecule has 0 saturated heterocycles. The van der Waals surface area contributed by atoms with Gasteiger partial charge in [0, 0.05) is 30.3 Å². The predicted molar refractivity (Wildman–Crippen MR) is 120 cm³/mol. The van der Waals surface area contributed by atoms with E-state index in [4.69, 9.17) is 5.73 Å². The first kappa shape index (κ1) is 26.7. The Morgan fingerprint density at radius 2 is 1.89 bits per heavy atom. The molecule has 6 nitrogen and oxygen atoms in total. The maximum atomic E-state index is 12.5. The summed E-state index contributed by atoms with van der Waals surface area (Å²) in [6.07, 6.45) is 2.96. The number of carbonyl (C=O) groups excluding carboxylic acids is 2. The third kappa shape index (κ3) is 7.59. The number of anilines is 1. The maximum Gasteiger partial charge on any atom is 0.251 e. The van der Waals surface area contributed by atoms with Crippen LogP contribution in [0.3, 0.4) is 0 Å². The first-order valence-electron chi connectivity index (χ1n) is 9.70. The van der Waals surface area contributed by atoms with E-state index in [1.54, 1.807) is 18.2 Å². The van der Waals surface area contributed by atoms with Gasteiger partial charge in [0.2, 0.25) is 5.91 Å². The summed E-state index contributed by atoms with van der Waals surface area (Å²) in [5.74, 6) is 0.138. The van der Waals surface area contributed by atoms with Crippen molar-refractivity contribution in [3.05, 3.63) is 29.8 Å². The standard InChI is InChI=1S/C20H32N4O2.2ClH/c1-3-24(4-2)12-11-22-19(25)15-7-5-9-17(13-15)23-20(26)18-10-6-8-16(18)14-21;;/h5,7,9,13,16,18H,3-4,6,8,10-12,14,21H2,1-2H3,(H,22,25)(H,23,26);2*1H/t16-,18-;;/m1../s1. The minimum Gasteiger partial charge on any atom is -0.351 e. The molecule has 1 aliphatic carbocycles. The van der Waals surface area contributed by atoms with Crippen molar-refractivity contribution in [2.75, 3.05) is 38.0 Å². The summed E-state index contributed by atoms with van der Waals surface area (Å²) in [6, 6.07) is 7.11. The average molecular weight is 433 g/mol. The van der Waals surface area contributed by atoms with Crippen molar-refractivity contribution in [1.82, 2.24) is 10.2 Å². The molecule has 4 N–H and O–H groups in total. The van der Waals surface area contributed by atoms with Gasteiger partial charge in [0.1, 0.15) is 0 Å². The summed E-state index contributed by atoms with van der Waals surface area (Å²) < 4.78 is 0. The number of carbonyl (C=O) groups is 2. The Hall–Kier alpha value is -1.34. The van der Waals surface area contributed by atoms with Gasteiger partial charge in [-0.05, 0) is 56.6 Å². The van der Waals surface area contributed by atoms with E-state index < -0.39 is 0 Å². The molecule has 2 rings (SSSR count). The van der Waals surface area contributed by atoms with E-state index in [1.807, 2.05) is 6.07 Å². The van der Waals surface area contributed by atoms with Crippen LogP contribution in [0.2, 0.25) is 0 Å². The SMILES string of the molecule is CCN(CC)CCNC(=O)c1cccc(NC(=O)[C@@H]2CCC[C@@H]2CN)c1.Cl.Cl. The van der Waals surface area contributed by atoms with Crippen LogP contribution in [0.4, 0.5) is 5.69 Å². The highest BCUT2D eigenvalue weighted by Gasteiger charge is 2.31. The molecule has 0 unspecified atom stereocenters. The zero-order chi connectivity index (χ0) is 18.9. The number of halogens is 2. The normalized spacial score (nSPS) is 18.1. The molecule has 0 heterocycles. The number of hydrogen-bond acceptors (Lipinski definition) is 4. The van der Waals surface area contributed by atoms with Gasteiger partial charge < -0.3 is 21.3 Å². The lowest BCUT2D eigenvalue weighted by atomic mass is 9.95. The number of benzene rings is 1. The topological polar surface area (TPSA) is 87.5 Å².